The summed E-state index contributed by atoms with van der Waals surface area (Å²) in [6.07, 6.45) is 1.87. The molecule has 0 radical (unpaired) electrons. The number of halogens is 1. The van der Waals surface area contributed by atoms with E-state index in [-0.39, 0.29) is 11.7 Å². The number of rotatable bonds is 2. The van der Waals surface area contributed by atoms with Gasteiger partial charge in [-0.25, -0.2) is 4.39 Å². The van der Waals surface area contributed by atoms with Gasteiger partial charge in [0.25, 0.3) is 5.91 Å². The molecule has 0 bridgehead atoms. The zero-order valence-electron chi connectivity index (χ0n) is 14.1. The molecule has 4 rings (SSSR count). The van der Waals surface area contributed by atoms with E-state index in [0.717, 1.165) is 26.2 Å². The van der Waals surface area contributed by atoms with Crippen molar-refractivity contribution in [1.82, 2.24) is 4.90 Å². The highest BCUT2D eigenvalue weighted by atomic mass is 19.1. The van der Waals surface area contributed by atoms with Crippen LogP contribution in [0.25, 0.3) is 5.57 Å². The van der Waals surface area contributed by atoms with E-state index >= 15 is 0 Å². The Hall–Kier alpha value is -2.82. The van der Waals surface area contributed by atoms with Gasteiger partial charge in [-0.05, 0) is 42.8 Å². The molecule has 5 heteroatoms. The lowest BCUT2D eigenvalue weighted by molar-refractivity contribution is -0.110. The second-order valence-electron chi connectivity index (χ2n) is 6.55. The summed E-state index contributed by atoms with van der Waals surface area (Å²) in [6, 6.07) is 12.9. The van der Waals surface area contributed by atoms with Gasteiger partial charge in [-0.2, -0.15) is 0 Å². The van der Waals surface area contributed by atoms with Crippen LogP contribution < -0.4 is 10.2 Å². The number of anilines is 2. The minimum absolute atomic E-state index is 0.165. The Balaban J connectivity index is 1.49. The number of hydrogen-bond acceptors (Lipinski definition) is 3. The van der Waals surface area contributed by atoms with E-state index in [4.69, 9.17) is 0 Å². The van der Waals surface area contributed by atoms with Crippen molar-refractivity contribution >= 4 is 22.9 Å². The predicted octanol–water partition coefficient (Wildman–Crippen LogP) is 3.25. The Morgan fingerprint density at radius 2 is 1.88 bits per heavy atom. The summed E-state index contributed by atoms with van der Waals surface area (Å²) in [4.78, 5) is 16.7. The molecule has 0 saturated carbocycles. The number of fused-ring (bicyclic) bond motifs is 1. The van der Waals surface area contributed by atoms with E-state index in [9.17, 15) is 9.18 Å². The Labute approximate surface area is 146 Å². The Morgan fingerprint density at radius 1 is 1.08 bits per heavy atom. The number of nitrogens with zero attached hydrogens (tertiary/aromatic N) is 2. The van der Waals surface area contributed by atoms with Crippen LogP contribution in [0.15, 0.2) is 48.7 Å². The molecule has 128 valence electrons. The normalized spacial score (nSPS) is 18.5. The van der Waals surface area contributed by atoms with Gasteiger partial charge >= 0.3 is 0 Å². The highest BCUT2D eigenvalue weighted by molar-refractivity contribution is 6.31. The van der Waals surface area contributed by atoms with Gasteiger partial charge in [0.05, 0.1) is 5.57 Å². The van der Waals surface area contributed by atoms with Crippen LogP contribution in [-0.2, 0) is 4.79 Å². The van der Waals surface area contributed by atoms with E-state index in [1.807, 2.05) is 6.20 Å². The molecule has 2 aliphatic heterocycles. The molecule has 0 aliphatic carbocycles. The van der Waals surface area contributed by atoms with E-state index in [0.29, 0.717) is 16.8 Å². The predicted molar refractivity (Wildman–Crippen MR) is 98.0 cm³/mol. The lowest BCUT2D eigenvalue weighted by Gasteiger charge is -2.36. The van der Waals surface area contributed by atoms with Crippen molar-refractivity contribution in [1.29, 1.82) is 0 Å². The number of hydrogen-bond donors (Lipinski definition) is 1. The summed E-state index contributed by atoms with van der Waals surface area (Å²) in [5, 5.41) is 2.79. The van der Waals surface area contributed by atoms with E-state index in [1.165, 1.54) is 23.4 Å². The maximum absolute atomic E-state index is 13.5. The SMILES string of the molecule is Cc1cccc(N2CCN(/C=C3/C(=O)Nc4ccc(F)cc43)CC2)c1. The summed E-state index contributed by atoms with van der Waals surface area (Å²) in [5.74, 6) is -0.493. The molecule has 4 nitrogen and oxygen atoms in total. The number of piperazine rings is 1. The molecule has 2 heterocycles. The van der Waals surface area contributed by atoms with Crippen LogP contribution in [0.1, 0.15) is 11.1 Å². The van der Waals surface area contributed by atoms with Gasteiger partial charge in [-0.15, -0.1) is 0 Å². The molecule has 0 unspecified atom stereocenters. The molecule has 1 amide bonds. The van der Waals surface area contributed by atoms with Gasteiger partial charge in [0.1, 0.15) is 5.82 Å². The maximum atomic E-state index is 13.5. The summed E-state index contributed by atoms with van der Waals surface area (Å²) < 4.78 is 13.5. The molecule has 0 spiro atoms. The summed E-state index contributed by atoms with van der Waals surface area (Å²) >= 11 is 0. The van der Waals surface area contributed by atoms with Gasteiger partial charge < -0.3 is 15.1 Å². The topological polar surface area (TPSA) is 35.6 Å². The van der Waals surface area contributed by atoms with Crippen molar-refractivity contribution in [3.05, 3.63) is 65.6 Å². The molecule has 1 N–H and O–H groups in total. The largest absolute Gasteiger partial charge is 0.373 e. The first-order valence-electron chi connectivity index (χ1n) is 8.49. The zero-order valence-corrected chi connectivity index (χ0v) is 14.1. The highest BCUT2D eigenvalue weighted by Crippen LogP contribution is 2.32. The van der Waals surface area contributed by atoms with Crippen molar-refractivity contribution in [3.63, 3.8) is 0 Å². The lowest BCUT2D eigenvalue weighted by atomic mass is 10.1. The van der Waals surface area contributed by atoms with Crippen molar-refractivity contribution in [2.75, 3.05) is 36.4 Å². The molecular formula is C20H20FN3O. The number of benzene rings is 2. The third kappa shape index (κ3) is 3.09. The fourth-order valence-corrected chi connectivity index (χ4v) is 3.40. The minimum Gasteiger partial charge on any atom is -0.373 e. The molecule has 2 aromatic carbocycles. The average Bonchev–Trinajstić information content (AvgIpc) is 2.91. The highest BCUT2D eigenvalue weighted by Gasteiger charge is 2.26. The molecule has 25 heavy (non-hydrogen) atoms. The second-order valence-corrected chi connectivity index (χ2v) is 6.55. The zero-order chi connectivity index (χ0) is 17.4. The van der Waals surface area contributed by atoms with Crippen LogP contribution in [0.3, 0.4) is 0 Å². The monoisotopic (exact) mass is 337 g/mol. The van der Waals surface area contributed by atoms with Gasteiger partial charge in [0.2, 0.25) is 0 Å². The van der Waals surface area contributed by atoms with Gasteiger partial charge in [0, 0.05) is 49.3 Å². The molecule has 2 aliphatic rings. The first-order valence-corrected chi connectivity index (χ1v) is 8.49. The summed E-state index contributed by atoms with van der Waals surface area (Å²) in [6.45, 7) is 5.54. The first-order chi connectivity index (χ1) is 12.1. The second kappa shape index (κ2) is 6.24. The molecule has 0 atom stereocenters. The van der Waals surface area contributed by atoms with E-state index < -0.39 is 0 Å². The van der Waals surface area contributed by atoms with Crippen molar-refractivity contribution in [2.24, 2.45) is 0 Å². The Bertz CT molecular complexity index is 854. The van der Waals surface area contributed by atoms with Gasteiger partial charge in [-0.3, -0.25) is 4.79 Å². The Kier molecular flexibility index (Phi) is 3.92. The molecule has 0 aromatic heterocycles. The van der Waals surface area contributed by atoms with Crippen molar-refractivity contribution in [3.8, 4) is 0 Å². The third-order valence-corrected chi connectivity index (χ3v) is 4.76. The summed E-state index contributed by atoms with van der Waals surface area (Å²) in [7, 11) is 0. The van der Waals surface area contributed by atoms with Crippen LogP contribution >= 0.6 is 0 Å². The standard InChI is InChI=1S/C20H20FN3O/c1-14-3-2-4-16(11-14)24-9-7-23(8-10-24)13-18-17-12-15(21)5-6-19(17)22-20(18)25/h2-6,11-13H,7-10H2,1H3,(H,22,25)/b18-13+. The molecular weight excluding hydrogens is 317 g/mol. The number of carbonyl (C=O) groups excluding carboxylic acids is 1. The van der Waals surface area contributed by atoms with Crippen LogP contribution in [0.5, 0.6) is 0 Å². The van der Waals surface area contributed by atoms with Crippen LogP contribution in [-0.4, -0.2) is 37.0 Å². The fourth-order valence-electron chi connectivity index (χ4n) is 3.40. The molecule has 2 aromatic rings. The van der Waals surface area contributed by atoms with Crippen LogP contribution in [0.4, 0.5) is 15.8 Å². The average molecular weight is 337 g/mol. The third-order valence-electron chi connectivity index (χ3n) is 4.76. The van der Waals surface area contributed by atoms with Crippen molar-refractivity contribution in [2.45, 2.75) is 6.92 Å². The van der Waals surface area contributed by atoms with Gasteiger partial charge in [0.15, 0.2) is 0 Å². The van der Waals surface area contributed by atoms with Crippen LogP contribution in [0.2, 0.25) is 0 Å². The smallest absolute Gasteiger partial charge is 0.257 e. The maximum Gasteiger partial charge on any atom is 0.257 e. The lowest BCUT2D eigenvalue weighted by Crippen LogP contribution is -2.44. The van der Waals surface area contributed by atoms with E-state index in [1.54, 1.807) is 6.07 Å². The number of amides is 1. The summed E-state index contributed by atoms with van der Waals surface area (Å²) in [5.41, 5.74) is 4.35. The van der Waals surface area contributed by atoms with Gasteiger partial charge in [-0.1, -0.05) is 12.1 Å². The van der Waals surface area contributed by atoms with E-state index in [2.05, 4.69) is 46.3 Å². The minimum atomic E-state index is -0.328. The molecule has 1 fully saturated rings. The molecule has 1 saturated heterocycles. The number of nitrogens with one attached hydrogen (secondary N) is 1. The quantitative estimate of drug-likeness (QED) is 0.855. The van der Waals surface area contributed by atoms with Crippen LogP contribution in [0, 0.1) is 12.7 Å². The number of aryl methyl sites for hydroxylation is 1. The number of carbonyl (C=O) groups is 1. The fraction of sp³-hybridized carbons (Fsp3) is 0.250. The first kappa shape index (κ1) is 15.7. The Morgan fingerprint density at radius 3 is 2.64 bits per heavy atom. The van der Waals surface area contributed by atoms with Crippen molar-refractivity contribution < 1.29 is 9.18 Å².